The molecule has 1 heterocycles. The van der Waals surface area contributed by atoms with Crippen molar-refractivity contribution in [3.63, 3.8) is 0 Å². The molecule has 1 aliphatic rings. The number of methoxy groups -OCH3 is 1. The second kappa shape index (κ2) is 7.77. The van der Waals surface area contributed by atoms with Gasteiger partial charge < -0.3 is 19.3 Å². The number of ether oxygens (including phenoxy) is 3. The van der Waals surface area contributed by atoms with Crippen molar-refractivity contribution in [1.29, 1.82) is 0 Å². The van der Waals surface area contributed by atoms with Gasteiger partial charge in [0.05, 0.1) is 6.10 Å². The summed E-state index contributed by atoms with van der Waals surface area (Å²) in [6.07, 6.45) is 3.12. The summed E-state index contributed by atoms with van der Waals surface area (Å²) in [6.45, 7) is 0.116. The zero-order valence-corrected chi connectivity index (χ0v) is 14.9. The van der Waals surface area contributed by atoms with Gasteiger partial charge in [-0.2, -0.15) is 0 Å². The molecule has 20 heavy (non-hydrogen) atoms. The molecular weight excluding hydrogens is 441 g/mol. The lowest BCUT2D eigenvalue weighted by atomic mass is 9.95. The van der Waals surface area contributed by atoms with Crippen LogP contribution in [-0.2, 0) is 4.74 Å². The van der Waals surface area contributed by atoms with Gasteiger partial charge in [0.1, 0.15) is 9.80 Å². The molecule has 1 N–H and O–H groups in total. The number of pyridine rings is 1. The fourth-order valence-corrected chi connectivity index (χ4v) is 3.52. The Morgan fingerprint density at radius 2 is 2.20 bits per heavy atom. The molecule has 0 bridgehead atoms. The van der Waals surface area contributed by atoms with Crippen LogP contribution in [0.1, 0.15) is 25.7 Å². The molecule has 2 atom stereocenters. The maximum atomic E-state index is 10.0. The van der Waals surface area contributed by atoms with Crippen LogP contribution in [0.4, 0.5) is 0 Å². The van der Waals surface area contributed by atoms with Crippen molar-refractivity contribution >= 4 is 38.5 Å². The van der Waals surface area contributed by atoms with E-state index in [4.69, 9.17) is 14.2 Å². The van der Waals surface area contributed by atoms with Crippen LogP contribution in [0.15, 0.2) is 10.7 Å². The average Bonchev–Trinajstić information content (AvgIpc) is 2.40. The molecule has 0 spiro atoms. The van der Waals surface area contributed by atoms with E-state index in [0.717, 1.165) is 29.4 Å². The molecule has 2 unspecified atom stereocenters. The van der Waals surface area contributed by atoms with Crippen LogP contribution < -0.4 is 9.47 Å². The van der Waals surface area contributed by atoms with E-state index in [9.17, 15) is 5.11 Å². The van der Waals surface area contributed by atoms with Crippen molar-refractivity contribution in [2.75, 3.05) is 13.9 Å². The normalized spacial score (nSPS) is 22.6. The first kappa shape index (κ1) is 16.3. The van der Waals surface area contributed by atoms with Crippen molar-refractivity contribution in [3.8, 4) is 11.5 Å². The van der Waals surface area contributed by atoms with Gasteiger partial charge in [0.2, 0.25) is 0 Å². The quantitative estimate of drug-likeness (QED) is 0.418. The van der Waals surface area contributed by atoms with Crippen LogP contribution in [0, 0.1) is 3.70 Å². The van der Waals surface area contributed by atoms with Gasteiger partial charge in [-0.3, -0.25) is 0 Å². The van der Waals surface area contributed by atoms with E-state index in [1.165, 1.54) is 0 Å². The van der Waals surface area contributed by atoms with Gasteiger partial charge in [-0.1, -0.05) is 6.42 Å². The monoisotopic (exact) mass is 457 g/mol. The summed E-state index contributed by atoms with van der Waals surface area (Å²) in [7, 11) is 1.56. The molecular formula is C13H17BrINO4. The lowest BCUT2D eigenvalue weighted by Gasteiger charge is -2.29. The minimum atomic E-state index is -0.427. The molecule has 1 fully saturated rings. The van der Waals surface area contributed by atoms with Gasteiger partial charge in [-0.05, 0) is 57.8 Å². The smallest absolute Gasteiger partial charge is 0.197 e. The number of rotatable bonds is 5. The van der Waals surface area contributed by atoms with Gasteiger partial charge in [-0.25, -0.2) is 4.98 Å². The SMILES string of the molecule is COCOc1c(OC2CCCCC2O)cc(I)nc1Br. The highest BCUT2D eigenvalue weighted by Crippen LogP contribution is 2.37. The molecule has 5 nitrogen and oxygen atoms in total. The van der Waals surface area contributed by atoms with Crippen molar-refractivity contribution in [1.82, 2.24) is 4.98 Å². The molecule has 1 aromatic rings. The summed E-state index contributed by atoms with van der Waals surface area (Å²) in [5, 5.41) is 10.0. The van der Waals surface area contributed by atoms with E-state index in [0.29, 0.717) is 16.1 Å². The van der Waals surface area contributed by atoms with Gasteiger partial charge in [0.15, 0.2) is 22.9 Å². The van der Waals surface area contributed by atoms with E-state index < -0.39 is 6.10 Å². The first-order valence-corrected chi connectivity index (χ1v) is 8.31. The third-order valence-electron chi connectivity index (χ3n) is 3.13. The van der Waals surface area contributed by atoms with E-state index >= 15 is 0 Å². The number of halogens is 2. The molecule has 1 saturated carbocycles. The maximum Gasteiger partial charge on any atom is 0.197 e. The maximum absolute atomic E-state index is 10.0. The Kier molecular flexibility index (Phi) is 6.31. The topological polar surface area (TPSA) is 60.8 Å². The second-order valence-electron chi connectivity index (χ2n) is 4.62. The Morgan fingerprint density at radius 3 is 2.90 bits per heavy atom. The molecule has 0 amide bonds. The number of nitrogens with zero attached hydrogens (tertiary/aromatic N) is 1. The average molecular weight is 458 g/mol. The molecule has 112 valence electrons. The van der Waals surface area contributed by atoms with Crippen molar-refractivity contribution in [2.24, 2.45) is 0 Å². The first-order chi connectivity index (χ1) is 9.61. The van der Waals surface area contributed by atoms with E-state index in [2.05, 4.69) is 43.5 Å². The summed E-state index contributed by atoms with van der Waals surface area (Å²) in [6, 6.07) is 1.80. The third-order valence-corrected chi connectivity index (χ3v) is 4.22. The summed E-state index contributed by atoms with van der Waals surface area (Å²) < 4.78 is 17.7. The minimum Gasteiger partial charge on any atom is -0.484 e. The molecule has 1 aliphatic carbocycles. The predicted octanol–water partition coefficient (Wildman–Crippen LogP) is 3.11. The predicted molar refractivity (Wildman–Crippen MR) is 86.0 cm³/mol. The molecule has 2 rings (SSSR count). The summed E-state index contributed by atoms with van der Waals surface area (Å²) in [5.41, 5.74) is 0. The minimum absolute atomic E-state index is 0.116. The standard InChI is InChI=1S/C13H17BrINO4/c1-18-7-19-12-10(6-11(15)16-13(12)14)20-9-5-3-2-4-8(9)17/h6,8-9,17H,2-5,7H2,1H3. The highest BCUT2D eigenvalue weighted by Gasteiger charge is 2.26. The number of aliphatic hydroxyl groups excluding tert-OH is 1. The summed E-state index contributed by atoms with van der Waals surface area (Å²) in [5.74, 6) is 1.09. The van der Waals surface area contributed by atoms with Crippen LogP contribution in [0.25, 0.3) is 0 Å². The number of aliphatic hydroxyl groups is 1. The van der Waals surface area contributed by atoms with Crippen molar-refractivity contribution in [2.45, 2.75) is 37.9 Å². The number of hydrogen-bond donors (Lipinski definition) is 1. The highest BCUT2D eigenvalue weighted by atomic mass is 127. The Morgan fingerprint density at radius 1 is 1.45 bits per heavy atom. The lowest BCUT2D eigenvalue weighted by Crippen LogP contribution is -2.34. The van der Waals surface area contributed by atoms with Crippen LogP contribution >= 0.6 is 38.5 Å². The molecule has 0 saturated heterocycles. The van der Waals surface area contributed by atoms with Crippen molar-refractivity contribution in [3.05, 3.63) is 14.4 Å². The molecule has 0 aliphatic heterocycles. The number of aromatic nitrogens is 1. The molecule has 0 aromatic carbocycles. The Balaban J connectivity index is 2.19. The van der Waals surface area contributed by atoms with E-state index in [-0.39, 0.29) is 12.9 Å². The molecule has 7 heteroatoms. The molecule has 1 aromatic heterocycles. The fourth-order valence-electron chi connectivity index (χ4n) is 2.17. The highest BCUT2D eigenvalue weighted by molar-refractivity contribution is 14.1. The van der Waals surface area contributed by atoms with Crippen LogP contribution in [0.5, 0.6) is 11.5 Å². The zero-order chi connectivity index (χ0) is 14.5. The lowest BCUT2D eigenvalue weighted by molar-refractivity contribution is 0.00129. The number of hydrogen-bond acceptors (Lipinski definition) is 5. The molecule has 0 radical (unpaired) electrons. The fraction of sp³-hybridized carbons (Fsp3) is 0.615. The van der Waals surface area contributed by atoms with Gasteiger partial charge in [0, 0.05) is 13.2 Å². The van der Waals surface area contributed by atoms with E-state index in [1.807, 2.05) is 0 Å². The van der Waals surface area contributed by atoms with Crippen LogP contribution in [-0.4, -0.2) is 36.2 Å². The Labute approximate surface area is 140 Å². The van der Waals surface area contributed by atoms with Crippen LogP contribution in [0.3, 0.4) is 0 Å². The van der Waals surface area contributed by atoms with Gasteiger partial charge >= 0.3 is 0 Å². The van der Waals surface area contributed by atoms with Crippen molar-refractivity contribution < 1.29 is 19.3 Å². The zero-order valence-electron chi connectivity index (χ0n) is 11.1. The Bertz CT molecular complexity index is 460. The second-order valence-corrected chi connectivity index (χ2v) is 6.48. The summed E-state index contributed by atoms with van der Waals surface area (Å²) in [4.78, 5) is 4.28. The third kappa shape index (κ3) is 4.19. The largest absolute Gasteiger partial charge is 0.484 e. The van der Waals surface area contributed by atoms with Crippen LogP contribution in [0.2, 0.25) is 0 Å². The summed E-state index contributed by atoms with van der Waals surface area (Å²) >= 11 is 5.48. The first-order valence-electron chi connectivity index (χ1n) is 6.44. The van der Waals surface area contributed by atoms with Gasteiger partial charge in [0.25, 0.3) is 0 Å². The van der Waals surface area contributed by atoms with Gasteiger partial charge in [-0.15, -0.1) is 0 Å². The Hall–Kier alpha value is -0.120. The van der Waals surface area contributed by atoms with E-state index in [1.54, 1.807) is 13.2 Å².